The summed E-state index contributed by atoms with van der Waals surface area (Å²) < 4.78 is 22.4. The minimum Gasteiger partial charge on any atom is -0.493 e. The number of nitrogens with one attached hydrogen (secondary N) is 1. The second-order valence-corrected chi connectivity index (χ2v) is 8.21. The predicted molar refractivity (Wildman–Crippen MR) is 137 cm³/mol. The van der Waals surface area contributed by atoms with Crippen molar-refractivity contribution in [3.05, 3.63) is 81.5 Å². The zero-order chi connectivity index (χ0) is 25.8. The first-order chi connectivity index (χ1) is 17.3. The van der Waals surface area contributed by atoms with Crippen molar-refractivity contribution >= 4 is 39.9 Å². The number of Topliss-reactive ketones (excluding diaryl/α,β-unsaturated/α-hetero) is 1. The highest BCUT2D eigenvalue weighted by Gasteiger charge is 2.21. The minimum atomic E-state index is -0.528. The van der Waals surface area contributed by atoms with Crippen LogP contribution in [0.2, 0.25) is 5.02 Å². The molecular weight excluding hydrogens is 486 g/mol. The van der Waals surface area contributed by atoms with Gasteiger partial charge in [0.15, 0.2) is 29.6 Å². The molecule has 0 saturated heterocycles. The van der Waals surface area contributed by atoms with Crippen molar-refractivity contribution in [3.8, 4) is 28.6 Å². The molecule has 8 nitrogen and oxygen atoms in total. The molecule has 4 aromatic rings. The predicted octanol–water partition coefficient (Wildman–Crippen LogP) is 5.35. The summed E-state index contributed by atoms with van der Waals surface area (Å²) in [7, 11) is 3.00. The van der Waals surface area contributed by atoms with Crippen molar-refractivity contribution in [3.63, 3.8) is 0 Å². The normalized spacial score (nSPS) is 10.7. The molecule has 0 unspecified atom stereocenters. The van der Waals surface area contributed by atoms with Crippen LogP contribution in [0.5, 0.6) is 17.2 Å². The number of carbonyl (C=O) groups is 2. The summed E-state index contributed by atoms with van der Waals surface area (Å²) in [6.07, 6.45) is 0. The van der Waals surface area contributed by atoms with E-state index in [0.717, 1.165) is 0 Å². The first kappa shape index (κ1) is 24.8. The second-order valence-electron chi connectivity index (χ2n) is 7.77. The van der Waals surface area contributed by atoms with Gasteiger partial charge in [0.25, 0.3) is 5.91 Å². The SMILES string of the molecule is COc1ccc(-c2oc3ccc(Cl)cc3c(=O)c2OCC(=O)Nc2cccc(C(C)=O)c2)cc1OC. The third-order valence-corrected chi connectivity index (χ3v) is 5.59. The molecule has 1 aromatic heterocycles. The van der Waals surface area contributed by atoms with E-state index >= 15 is 0 Å². The monoisotopic (exact) mass is 507 g/mol. The zero-order valence-corrected chi connectivity index (χ0v) is 20.5. The third kappa shape index (κ3) is 5.18. The maximum atomic E-state index is 13.4. The lowest BCUT2D eigenvalue weighted by molar-refractivity contribution is -0.118. The van der Waals surface area contributed by atoms with Crippen LogP contribution in [-0.2, 0) is 4.79 Å². The van der Waals surface area contributed by atoms with Crippen LogP contribution in [-0.4, -0.2) is 32.5 Å². The fourth-order valence-corrected chi connectivity index (χ4v) is 3.77. The van der Waals surface area contributed by atoms with Gasteiger partial charge in [-0.05, 0) is 55.5 Å². The summed E-state index contributed by atoms with van der Waals surface area (Å²) in [5.41, 5.74) is 1.17. The van der Waals surface area contributed by atoms with Gasteiger partial charge in [-0.15, -0.1) is 0 Å². The summed E-state index contributed by atoms with van der Waals surface area (Å²) in [4.78, 5) is 37.6. The van der Waals surface area contributed by atoms with Gasteiger partial charge in [-0.2, -0.15) is 0 Å². The van der Waals surface area contributed by atoms with Crippen LogP contribution in [0.4, 0.5) is 5.69 Å². The van der Waals surface area contributed by atoms with Gasteiger partial charge < -0.3 is 23.9 Å². The van der Waals surface area contributed by atoms with Crippen LogP contribution in [0.15, 0.2) is 69.9 Å². The van der Waals surface area contributed by atoms with E-state index in [1.54, 1.807) is 54.6 Å². The van der Waals surface area contributed by atoms with Gasteiger partial charge in [0.05, 0.1) is 19.6 Å². The molecule has 1 heterocycles. The molecule has 3 aromatic carbocycles. The molecule has 1 amide bonds. The number of halogens is 1. The number of hydrogen-bond acceptors (Lipinski definition) is 7. The third-order valence-electron chi connectivity index (χ3n) is 5.36. The highest BCUT2D eigenvalue weighted by Crippen LogP contribution is 2.37. The zero-order valence-electron chi connectivity index (χ0n) is 19.7. The van der Waals surface area contributed by atoms with E-state index in [1.807, 2.05) is 0 Å². The number of amides is 1. The van der Waals surface area contributed by atoms with Gasteiger partial charge in [0.2, 0.25) is 11.2 Å². The fraction of sp³-hybridized carbons (Fsp3) is 0.148. The lowest BCUT2D eigenvalue weighted by Gasteiger charge is -2.14. The summed E-state index contributed by atoms with van der Waals surface area (Å²) in [5, 5.41) is 3.21. The van der Waals surface area contributed by atoms with Crippen LogP contribution in [0.1, 0.15) is 17.3 Å². The highest BCUT2D eigenvalue weighted by atomic mass is 35.5. The second kappa shape index (κ2) is 10.5. The van der Waals surface area contributed by atoms with Crippen LogP contribution in [0, 0.1) is 0 Å². The van der Waals surface area contributed by atoms with Crippen molar-refractivity contribution < 1.29 is 28.2 Å². The number of rotatable bonds is 8. The Hall–Kier alpha value is -4.30. The van der Waals surface area contributed by atoms with Gasteiger partial charge in [-0.3, -0.25) is 14.4 Å². The van der Waals surface area contributed by atoms with Crippen LogP contribution < -0.4 is 25.0 Å². The average Bonchev–Trinajstić information content (AvgIpc) is 2.88. The largest absolute Gasteiger partial charge is 0.493 e. The molecule has 0 aliphatic carbocycles. The molecule has 0 fully saturated rings. The molecule has 0 radical (unpaired) electrons. The van der Waals surface area contributed by atoms with Crippen molar-refractivity contribution in [2.45, 2.75) is 6.92 Å². The molecule has 1 N–H and O–H groups in total. The molecule has 0 aliphatic heterocycles. The van der Waals surface area contributed by atoms with Crippen molar-refractivity contribution in [2.24, 2.45) is 0 Å². The Balaban J connectivity index is 1.71. The Morgan fingerprint density at radius 3 is 2.47 bits per heavy atom. The van der Waals surface area contributed by atoms with E-state index in [4.69, 9.17) is 30.2 Å². The Labute approximate surface area is 211 Å². The molecule has 4 rings (SSSR count). The maximum absolute atomic E-state index is 13.4. The quantitative estimate of drug-likeness (QED) is 0.320. The van der Waals surface area contributed by atoms with Crippen LogP contribution in [0.25, 0.3) is 22.3 Å². The molecule has 0 atom stereocenters. The maximum Gasteiger partial charge on any atom is 0.262 e. The molecule has 0 aliphatic rings. The lowest BCUT2D eigenvalue weighted by Crippen LogP contribution is -2.22. The molecule has 0 bridgehead atoms. The number of ether oxygens (including phenoxy) is 3. The summed E-state index contributed by atoms with van der Waals surface area (Å²) in [6.45, 7) is 0.951. The number of methoxy groups -OCH3 is 2. The lowest BCUT2D eigenvalue weighted by atomic mass is 10.1. The number of benzene rings is 3. The summed E-state index contributed by atoms with van der Waals surface area (Å²) >= 11 is 6.09. The minimum absolute atomic E-state index is 0.113. The van der Waals surface area contributed by atoms with Gasteiger partial charge in [0, 0.05) is 21.8 Å². The summed E-state index contributed by atoms with van der Waals surface area (Å²) in [5.74, 6) is 0.203. The molecule has 36 heavy (non-hydrogen) atoms. The molecule has 9 heteroatoms. The van der Waals surface area contributed by atoms with Gasteiger partial charge in [-0.1, -0.05) is 23.7 Å². The van der Waals surface area contributed by atoms with E-state index in [9.17, 15) is 14.4 Å². The first-order valence-corrected chi connectivity index (χ1v) is 11.2. The Kier molecular flexibility index (Phi) is 7.26. The molecule has 0 spiro atoms. The summed E-state index contributed by atoms with van der Waals surface area (Å²) in [6, 6.07) is 16.2. The van der Waals surface area contributed by atoms with Gasteiger partial charge >= 0.3 is 0 Å². The standard InChI is InChI=1S/C27H22ClNO7/c1-15(30)16-5-4-6-19(11-16)29-24(31)14-35-27-25(32)20-13-18(28)8-10-21(20)36-26(27)17-7-9-22(33-2)23(12-17)34-3/h4-13H,14H2,1-3H3,(H,29,31). The molecule has 0 saturated carbocycles. The molecular formula is C27H22ClNO7. The van der Waals surface area contributed by atoms with E-state index in [-0.39, 0.29) is 22.7 Å². The van der Waals surface area contributed by atoms with E-state index in [2.05, 4.69) is 5.32 Å². The highest BCUT2D eigenvalue weighted by molar-refractivity contribution is 6.31. The number of hydrogen-bond donors (Lipinski definition) is 1. The van der Waals surface area contributed by atoms with Gasteiger partial charge in [0.1, 0.15) is 5.58 Å². The van der Waals surface area contributed by atoms with Crippen LogP contribution >= 0.6 is 11.6 Å². The number of ketones is 1. The van der Waals surface area contributed by atoms with Crippen molar-refractivity contribution in [2.75, 3.05) is 26.1 Å². The first-order valence-electron chi connectivity index (χ1n) is 10.8. The smallest absolute Gasteiger partial charge is 0.262 e. The Morgan fingerprint density at radius 2 is 1.75 bits per heavy atom. The Morgan fingerprint density at radius 1 is 0.972 bits per heavy atom. The van der Waals surface area contributed by atoms with Crippen LogP contribution in [0.3, 0.4) is 0 Å². The van der Waals surface area contributed by atoms with Crippen molar-refractivity contribution in [1.82, 2.24) is 0 Å². The van der Waals surface area contributed by atoms with Gasteiger partial charge in [-0.25, -0.2) is 0 Å². The number of anilines is 1. The van der Waals surface area contributed by atoms with E-state index in [1.165, 1.54) is 27.2 Å². The topological polar surface area (TPSA) is 104 Å². The van der Waals surface area contributed by atoms with Crippen molar-refractivity contribution in [1.29, 1.82) is 0 Å². The molecule has 184 valence electrons. The van der Waals surface area contributed by atoms with E-state index < -0.39 is 17.9 Å². The van der Waals surface area contributed by atoms with E-state index in [0.29, 0.717) is 38.9 Å². The fourth-order valence-electron chi connectivity index (χ4n) is 3.60. The number of carbonyl (C=O) groups excluding carboxylic acids is 2. The Bertz CT molecular complexity index is 1530. The number of fused-ring (bicyclic) bond motifs is 1. The average molecular weight is 508 g/mol.